The van der Waals surface area contributed by atoms with E-state index >= 15 is 0 Å². The van der Waals surface area contributed by atoms with E-state index in [-0.39, 0.29) is 58.9 Å². The molecule has 15 heavy (non-hydrogen) atoms. The third-order valence-corrected chi connectivity index (χ3v) is 8.27. The molecule has 0 aromatic rings. The van der Waals surface area contributed by atoms with Gasteiger partial charge in [0, 0.05) is 37.7 Å². The molecule has 0 aromatic heterocycles. The van der Waals surface area contributed by atoms with Gasteiger partial charge in [-0.25, -0.2) is 0 Å². The topological polar surface area (TPSA) is 0 Å². The van der Waals surface area contributed by atoms with Crippen molar-refractivity contribution < 1.29 is 0 Å². The molecule has 0 nitrogen and oxygen atoms in total. The van der Waals surface area contributed by atoms with Crippen molar-refractivity contribution in [3.8, 4) is 0 Å². The van der Waals surface area contributed by atoms with Gasteiger partial charge in [-0.1, -0.05) is 0 Å². The van der Waals surface area contributed by atoms with Crippen LogP contribution in [0.4, 0.5) is 0 Å². The van der Waals surface area contributed by atoms with Crippen LogP contribution in [0.3, 0.4) is 0 Å². The molecule has 0 saturated carbocycles. The summed E-state index contributed by atoms with van der Waals surface area (Å²) in [7, 11) is 0. The summed E-state index contributed by atoms with van der Waals surface area (Å²) in [6.45, 7) is 9.30. The molecule has 1 aliphatic heterocycles. The monoisotopic (exact) mass is 298 g/mol. The fourth-order valence-electron chi connectivity index (χ4n) is 2.15. The van der Waals surface area contributed by atoms with Crippen LogP contribution in [0.2, 0.25) is 0 Å². The maximum absolute atomic E-state index is 2.33. The van der Waals surface area contributed by atoms with Gasteiger partial charge in [0.15, 0.2) is 0 Å². The van der Waals surface area contributed by atoms with Gasteiger partial charge in [0.25, 0.3) is 0 Å². The van der Waals surface area contributed by atoms with Crippen LogP contribution in [0.1, 0.15) is 53.4 Å². The summed E-state index contributed by atoms with van der Waals surface area (Å²) in [5.41, 5.74) is 3.52. The predicted molar refractivity (Wildman–Crippen MR) is 72.5 cm³/mol. The van der Waals surface area contributed by atoms with E-state index < -0.39 is 0 Å². The third-order valence-electron chi connectivity index (χ3n) is 2.81. The minimum Gasteiger partial charge on any atom is 0 e. The van der Waals surface area contributed by atoms with E-state index in [1.807, 2.05) is 7.18 Å². The number of allylic oxidation sites excluding steroid dienone is 4. The van der Waals surface area contributed by atoms with Gasteiger partial charge in [0.2, 0.25) is 0 Å². The largest absolute Gasteiger partial charge is 0 e. The molecule has 0 fully saturated rings. The van der Waals surface area contributed by atoms with Crippen LogP contribution in [0, 0.1) is 0 Å². The van der Waals surface area contributed by atoms with E-state index in [1.165, 1.54) is 25.7 Å². The first-order valence-electron chi connectivity index (χ1n) is 5.49. The molecule has 0 N–H and O–H groups in total. The molecular weight excluding hydrogens is 277 g/mol. The van der Waals surface area contributed by atoms with Crippen molar-refractivity contribution in [3.05, 3.63) is 18.3 Å². The molecule has 1 aliphatic rings. The molecular formula is C12H20Li2Sn. The van der Waals surface area contributed by atoms with Crippen molar-refractivity contribution in [1.82, 2.24) is 0 Å². The molecule has 0 aliphatic carbocycles. The Morgan fingerprint density at radius 2 is 1.00 bits per heavy atom. The first kappa shape index (κ1) is 18.8. The van der Waals surface area contributed by atoms with Crippen molar-refractivity contribution in [2.24, 2.45) is 0 Å². The second-order valence-corrected chi connectivity index (χ2v) is 7.61. The van der Waals surface area contributed by atoms with Crippen LogP contribution >= 0.6 is 0 Å². The second kappa shape index (κ2) is 9.50. The van der Waals surface area contributed by atoms with Crippen molar-refractivity contribution in [2.45, 2.75) is 53.4 Å². The van der Waals surface area contributed by atoms with E-state index in [9.17, 15) is 0 Å². The smallest absolute Gasteiger partial charge is 0 e. The fraction of sp³-hybridized carbons (Fsp3) is 0.667. The molecule has 0 atom stereocenters. The molecule has 0 spiro atoms. The van der Waals surface area contributed by atoms with E-state index in [4.69, 9.17) is 0 Å². The Bertz CT molecular complexity index is 228. The molecule has 1 rings (SSSR count). The van der Waals surface area contributed by atoms with Crippen molar-refractivity contribution in [3.63, 3.8) is 0 Å². The Labute approximate surface area is 129 Å². The van der Waals surface area contributed by atoms with Gasteiger partial charge in [-0.3, -0.25) is 0 Å². The first-order valence-corrected chi connectivity index (χ1v) is 8.35. The summed E-state index contributed by atoms with van der Waals surface area (Å²) < 4.78 is 3.75. The molecule has 0 saturated heterocycles. The maximum Gasteiger partial charge on any atom is 0 e. The van der Waals surface area contributed by atoms with Crippen LogP contribution in [-0.4, -0.2) is 58.9 Å². The van der Waals surface area contributed by atoms with Gasteiger partial charge >= 0.3 is 92.8 Å². The van der Waals surface area contributed by atoms with E-state index in [0.717, 1.165) is 0 Å². The molecule has 1 heterocycles. The van der Waals surface area contributed by atoms with Crippen molar-refractivity contribution in [1.29, 1.82) is 0 Å². The van der Waals surface area contributed by atoms with Gasteiger partial charge in [-0.2, -0.15) is 0 Å². The van der Waals surface area contributed by atoms with Gasteiger partial charge in [-0.05, 0) is 0 Å². The predicted octanol–water partition coefficient (Wildman–Crippen LogP) is 3.09. The van der Waals surface area contributed by atoms with Gasteiger partial charge in [0.05, 0.1) is 0 Å². The van der Waals surface area contributed by atoms with Crippen LogP contribution in [-0.2, 0) is 0 Å². The van der Waals surface area contributed by atoms with Crippen molar-refractivity contribution in [2.75, 3.05) is 0 Å². The minimum atomic E-state index is -0.269. The third kappa shape index (κ3) is 4.33. The Hall–Kier alpha value is 1.47. The zero-order valence-electron chi connectivity index (χ0n) is 11.3. The first-order chi connectivity index (χ1) is 6.28. The molecule has 0 unspecified atom stereocenters. The molecule has 4 radical (unpaired) electrons. The Kier molecular flexibility index (Phi) is 11.9. The van der Waals surface area contributed by atoms with E-state index in [2.05, 4.69) is 27.7 Å². The van der Waals surface area contributed by atoms with Gasteiger partial charge in [-0.15, -0.1) is 0 Å². The standard InChI is InChI=1S/C12H20.2Li.Sn/c1-5-9-11(7-3)12(8-4)10-6-2;;;/h5-8H2,1-4H3;;;. The number of hydrogen-bond acceptors (Lipinski definition) is 0. The molecule has 0 bridgehead atoms. The second-order valence-electron chi connectivity index (χ2n) is 3.45. The zero-order valence-corrected chi connectivity index (χ0v) is 14.2. The summed E-state index contributed by atoms with van der Waals surface area (Å²) in [6, 6.07) is 0. The Morgan fingerprint density at radius 1 is 0.667 bits per heavy atom. The SMILES string of the molecule is CC[C]1=C(CC)C(CC)=[C](CC)[Sn]1.[Li].[Li]. The number of rotatable bonds is 4. The maximum atomic E-state index is 2.33. The van der Waals surface area contributed by atoms with Gasteiger partial charge < -0.3 is 0 Å². The fourth-order valence-corrected chi connectivity index (χ4v) is 6.93. The molecule has 0 amide bonds. The van der Waals surface area contributed by atoms with E-state index in [1.54, 1.807) is 11.1 Å². The summed E-state index contributed by atoms with van der Waals surface area (Å²) in [4.78, 5) is 0. The Morgan fingerprint density at radius 3 is 1.20 bits per heavy atom. The van der Waals surface area contributed by atoms with Crippen LogP contribution in [0.25, 0.3) is 0 Å². The molecule has 74 valence electrons. The molecule has 0 aromatic carbocycles. The average molecular weight is 297 g/mol. The normalized spacial score (nSPS) is 15.2. The van der Waals surface area contributed by atoms with Crippen molar-refractivity contribution >= 4 is 58.9 Å². The summed E-state index contributed by atoms with van der Waals surface area (Å²) in [5, 5.41) is 0. The number of hydrogen-bond donors (Lipinski definition) is 0. The summed E-state index contributed by atoms with van der Waals surface area (Å²) in [6.07, 6.45) is 5.19. The van der Waals surface area contributed by atoms with Crippen LogP contribution in [0.5, 0.6) is 0 Å². The Balaban J connectivity index is 0. The zero-order chi connectivity index (χ0) is 9.84. The summed E-state index contributed by atoms with van der Waals surface area (Å²) >= 11 is -0.269. The average Bonchev–Trinajstić information content (AvgIpc) is 2.54. The van der Waals surface area contributed by atoms with Crippen LogP contribution < -0.4 is 0 Å². The quantitative estimate of drug-likeness (QED) is 0.700. The van der Waals surface area contributed by atoms with Crippen LogP contribution in [0.15, 0.2) is 18.3 Å². The molecule has 3 heteroatoms. The minimum absolute atomic E-state index is 0. The van der Waals surface area contributed by atoms with E-state index in [0.29, 0.717) is 0 Å². The van der Waals surface area contributed by atoms with Gasteiger partial charge in [0.1, 0.15) is 0 Å². The summed E-state index contributed by atoms with van der Waals surface area (Å²) in [5.74, 6) is 0.